The van der Waals surface area contributed by atoms with E-state index in [9.17, 15) is 4.79 Å². The summed E-state index contributed by atoms with van der Waals surface area (Å²) in [5, 5.41) is 3.00. The van der Waals surface area contributed by atoms with Crippen LogP contribution in [0.2, 0.25) is 0 Å². The third kappa shape index (κ3) is 2.39. The molecule has 86 valence electrons. The maximum absolute atomic E-state index is 11.8. The summed E-state index contributed by atoms with van der Waals surface area (Å²) in [5.74, 6) is 0.226. The van der Waals surface area contributed by atoms with Gasteiger partial charge in [0.05, 0.1) is 0 Å². The van der Waals surface area contributed by atoms with Gasteiger partial charge in [-0.15, -0.1) is 0 Å². The van der Waals surface area contributed by atoms with E-state index in [-0.39, 0.29) is 5.91 Å². The monoisotopic (exact) mass is 219 g/mol. The van der Waals surface area contributed by atoms with Crippen LogP contribution in [0.1, 0.15) is 17.7 Å². The molecule has 0 saturated heterocycles. The predicted octanol–water partition coefficient (Wildman–Crippen LogP) is 0.576. The summed E-state index contributed by atoms with van der Waals surface area (Å²) in [7, 11) is 1.86. The van der Waals surface area contributed by atoms with Gasteiger partial charge in [-0.05, 0) is 18.7 Å². The Morgan fingerprint density at radius 1 is 1.62 bits per heavy atom. The summed E-state index contributed by atoms with van der Waals surface area (Å²) in [6, 6.07) is 3.99. The van der Waals surface area contributed by atoms with Crippen molar-refractivity contribution in [1.29, 1.82) is 0 Å². The highest BCUT2D eigenvalue weighted by atomic mass is 16.2. The lowest BCUT2D eigenvalue weighted by Crippen LogP contribution is -2.37. The van der Waals surface area contributed by atoms with Crippen LogP contribution in [-0.4, -0.2) is 35.9 Å². The number of nitrogens with one attached hydrogen (secondary N) is 1. The van der Waals surface area contributed by atoms with Gasteiger partial charge >= 0.3 is 0 Å². The predicted molar refractivity (Wildman–Crippen MR) is 61.9 cm³/mol. The molecule has 1 aromatic rings. The Bertz CT molecular complexity index is 378. The quantitative estimate of drug-likeness (QED) is 0.808. The second-order valence-electron chi connectivity index (χ2n) is 4.03. The zero-order valence-electron chi connectivity index (χ0n) is 9.57. The average Bonchev–Trinajstić information content (AvgIpc) is 2.35. The Kier molecular flexibility index (Phi) is 3.51. The normalized spacial score (nSPS) is 14.7. The third-order valence-electron chi connectivity index (χ3n) is 2.91. The van der Waals surface area contributed by atoms with Gasteiger partial charge in [0.15, 0.2) is 0 Å². The number of carbonyl (C=O) groups is 1. The van der Waals surface area contributed by atoms with E-state index in [0.717, 1.165) is 25.2 Å². The molecule has 16 heavy (non-hydrogen) atoms. The summed E-state index contributed by atoms with van der Waals surface area (Å²) in [4.78, 5) is 18.1. The second kappa shape index (κ2) is 5.07. The molecule has 0 spiro atoms. The standard InChI is InChI=1S/C12H17N3O/c1-13-7-4-12(16)15-8-5-11-10(9-15)3-2-6-14-11/h2-3,6,13H,4-5,7-9H2,1H3. The molecule has 1 N–H and O–H groups in total. The van der Waals surface area contributed by atoms with Crippen molar-refractivity contribution < 1.29 is 4.79 Å². The molecule has 0 atom stereocenters. The lowest BCUT2D eigenvalue weighted by Gasteiger charge is -2.28. The van der Waals surface area contributed by atoms with Gasteiger partial charge in [0, 0.05) is 44.4 Å². The molecular formula is C12H17N3O. The lowest BCUT2D eigenvalue weighted by atomic mass is 10.1. The summed E-state index contributed by atoms with van der Waals surface area (Å²) in [5.41, 5.74) is 2.33. The molecule has 0 aliphatic carbocycles. The number of rotatable bonds is 3. The fourth-order valence-electron chi connectivity index (χ4n) is 1.97. The fourth-order valence-corrected chi connectivity index (χ4v) is 1.97. The number of carbonyl (C=O) groups excluding carboxylic acids is 1. The van der Waals surface area contributed by atoms with Gasteiger partial charge in [-0.25, -0.2) is 0 Å². The number of amides is 1. The Balaban J connectivity index is 1.99. The first kappa shape index (κ1) is 11.1. The van der Waals surface area contributed by atoms with Crippen LogP contribution in [0.25, 0.3) is 0 Å². The third-order valence-corrected chi connectivity index (χ3v) is 2.91. The van der Waals surface area contributed by atoms with Crippen molar-refractivity contribution in [2.24, 2.45) is 0 Å². The van der Waals surface area contributed by atoms with Crippen LogP contribution in [0.5, 0.6) is 0 Å². The molecule has 0 fully saturated rings. The summed E-state index contributed by atoms with van der Waals surface area (Å²) >= 11 is 0. The van der Waals surface area contributed by atoms with E-state index in [2.05, 4.69) is 16.4 Å². The molecular weight excluding hydrogens is 202 g/mol. The number of pyridine rings is 1. The zero-order valence-corrected chi connectivity index (χ0v) is 9.57. The van der Waals surface area contributed by atoms with Gasteiger partial charge in [0.1, 0.15) is 0 Å². The molecule has 0 saturated carbocycles. The maximum Gasteiger partial charge on any atom is 0.224 e. The number of hydrogen-bond donors (Lipinski definition) is 1. The molecule has 0 radical (unpaired) electrons. The van der Waals surface area contributed by atoms with Crippen LogP contribution in [0.4, 0.5) is 0 Å². The van der Waals surface area contributed by atoms with Crippen molar-refractivity contribution >= 4 is 5.91 Å². The minimum absolute atomic E-state index is 0.226. The van der Waals surface area contributed by atoms with E-state index in [0.29, 0.717) is 13.0 Å². The van der Waals surface area contributed by atoms with E-state index >= 15 is 0 Å². The Morgan fingerprint density at radius 2 is 2.50 bits per heavy atom. The Labute approximate surface area is 95.7 Å². The van der Waals surface area contributed by atoms with Gasteiger partial charge in [-0.2, -0.15) is 0 Å². The van der Waals surface area contributed by atoms with E-state index in [1.54, 1.807) is 0 Å². The van der Waals surface area contributed by atoms with Crippen LogP contribution >= 0.6 is 0 Å². The number of nitrogens with zero attached hydrogens (tertiary/aromatic N) is 2. The van der Waals surface area contributed by atoms with E-state index in [1.165, 1.54) is 5.56 Å². The largest absolute Gasteiger partial charge is 0.338 e. The number of fused-ring (bicyclic) bond motifs is 1. The second-order valence-corrected chi connectivity index (χ2v) is 4.03. The van der Waals surface area contributed by atoms with Crippen molar-refractivity contribution in [3.63, 3.8) is 0 Å². The van der Waals surface area contributed by atoms with E-state index in [1.807, 2.05) is 24.2 Å². The maximum atomic E-state index is 11.8. The highest BCUT2D eigenvalue weighted by Crippen LogP contribution is 2.16. The van der Waals surface area contributed by atoms with Crippen molar-refractivity contribution in [3.05, 3.63) is 29.6 Å². The smallest absolute Gasteiger partial charge is 0.224 e. The molecule has 0 aromatic carbocycles. The fraction of sp³-hybridized carbons (Fsp3) is 0.500. The van der Waals surface area contributed by atoms with Crippen LogP contribution in [-0.2, 0) is 17.8 Å². The molecule has 1 amide bonds. The first-order chi connectivity index (χ1) is 7.81. The molecule has 0 bridgehead atoms. The van der Waals surface area contributed by atoms with Crippen LogP contribution < -0.4 is 5.32 Å². The molecule has 1 aromatic heterocycles. The van der Waals surface area contributed by atoms with E-state index < -0.39 is 0 Å². The van der Waals surface area contributed by atoms with Gasteiger partial charge in [-0.1, -0.05) is 6.07 Å². The summed E-state index contributed by atoms with van der Waals surface area (Å²) in [6.07, 6.45) is 3.27. The first-order valence-electron chi connectivity index (χ1n) is 5.66. The molecule has 2 heterocycles. The highest BCUT2D eigenvalue weighted by molar-refractivity contribution is 5.76. The lowest BCUT2D eigenvalue weighted by molar-refractivity contribution is -0.132. The summed E-state index contributed by atoms with van der Waals surface area (Å²) < 4.78 is 0. The first-order valence-corrected chi connectivity index (χ1v) is 5.66. The average molecular weight is 219 g/mol. The Morgan fingerprint density at radius 3 is 3.31 bits per heavy atom. The van der Waals surface area contributed by atoms with Gasteiger partial charge in [0.2, 0.25) is 5.91 Å². The molecule has 4 heteroatoms. The van der Waals surface area contributed by atoms with Gasteiger partial charge < -0.3 is 10.2 Å². The van der Waals surface area contributed by atoms with Crippen molar-refractivity contribution in [2.45, 2.75) is 19.4 Å². The topological polar surface area (TPSA) is 45.2 Å². The van der Waals surface area contributed by atoms with Crippen molar-refractivity contribution in [1.82, 2.24) is 15.2 Å². The van der Waals surface area contributed by atoms with Crippen LogP contribution in [0, 0.1) is 0 Å². The van der Waals surface area contributed by atoms with Crippen LogP contribution in [0.15, 0.2) is 18.3 Å². The highest BCUT2D eigenvalue weighted by Gasteiger charge is 2.20. The van der Waals surface area contributed by atoms with E-state index in [4.69, 9.17) is 0 Å². The molecule has 4 nitrogen and oxygen atoms in total. The van der Waals surface area contributed by atoms with Crippen molar-refractivity contribution in [3.8, 4) is 0 Å². The van der Waals surface area contributed by atoms with Crippen molar-refractivity contribution in [2.75, 3.05) is 20.1 Å². The minimum atomic E-state index is 0.226. The number of aromatic nitrogens is 1. The van der Waals surface area contributed by atoms with Gasteiger partial charge in [0.25, 0.3) is 0 Å². The van der Waals surface area contributed by atoms with Crippen LogP contribution in [0.3, 0.4) is 0 Å². The minimum Gasteiger partial charge on any atom is -0.338 e. The Hall–Kier alpha value is -1.42. The summed E-state index contributed by atoms with van der Waals surface area (Å²) in [6.45, 7) is 2.26. The SMILES string of the molecule is CNCCC(=O)N1CCc2ncccc2C1. The van der Waals surface area contributed by atoms with Gasteiger partial charge in [-0.3, -0.25) is 9.78 Å². The molecule has 1 aliphatic rings. The molecule has 1 aliphatic heterocycles. The zero-order chi connectivity index (χ0) is 11.4. The molecule has 2 rings (SSSR count). The molecule has 0 unspecified atom stereocenters. The number of hydrogen-bond acceptors (Lipinski definition) is 3.